The van der Waals surface area contributed by atoms with Gasteiger partial charge in [-0.25, -0.2) is 9.38 Å². The van der Waals surface area contributed by atoms with Crippen LogP contribution in [0, 0.1) is 11.3 Å². The molecule has 0 aromatic heterocycles. The van der Waals surface area contributed by atoms with Gasteiger partial charge in [0.25, 0.3) is 5.91 Å². The summed E-state index contributed by atoms with van der Waals surface area (Å²) in [5, 5.41) is 12.0. The van der Waals surface area contributed by atoms with E-state index in [0.717, 1.165) is 11.3 Å². The quantitative estimate of drug-likeness (QED) is 0.813. The second-order valence-electron chi connectivity index (χ2n) is 6.75. The summed E-state index contributed by atoms with van der Waals surface area (Å²) in [6.45, 7) is 0.274. The van der Waals surface area contributed by atoms with Gasteiger partial charge in [-0.1, -0.05) is 12.1 Å². The number of amidine groups is 1. The number of benzene rings is 2. The van der Waals surface area contributed by atoms with Crippen molar-refractivity contribution in [1.29, 1.82) is 5.26 Å². The van der Waals surface area contributed by atoms with E-state index in [1.807, 2.05) is 30.3 Å². The predicted molar refractivity (Wildman–Crippen MR) is 100 cm³/mol. The van der Waals surface area contributed by atoms with E-state index in [4.69, 9.17) is 11.0 Å². The number of anilines is 1. The Balaban J connectivity index is 1.54. The third-order valence-corrected chi connectivity index (χ3v) is 5.08. The van der Waals surface area contributed by atoms with Crippen molar-refractivity contribution in [3.8, 4) is 6.07 Å². The van der Waals surface area contributed by atoms with Crippen LogP contribution in [0.3, 0.4) is 0 Å². The molecule has 2 aliphatic heterocycles. The monoisotopic (exact) mass is 363 g/mol. The Kier molecular flexibility index (Phi) is 4.04. The molecule has 3 N–H and O–H groups in total. The number of rotatable bonds is 1. The van der Waals surface area contributed by atoms with Crippen LogP contribution in [0.25, 0.3) is 0 Å². The third-order valence-electron chi connectivity index (χ3n) is 5.08. The molecule has 1 amide bonds. The van der Waals surface area contributed by atoms with Crippen molar-refractivity contribution >= 4 is 17.4 Å². The van der Waals surface area contributed by atoms with Crippen LogP contribution >= 0.6 is 0 Å². The van der Waals surface area contributed by atoms with Crippen LogP contribution in [0.2, 0.25) is 0 Å². The molecule has 0 radical (unpaired) electrons. The molecule has 1 fully saturated rings. The zero-order valence-corrected chi connectivity index (χ0v) is 14.5. The van der Waals surface area contributed by atoms with E-state index < -0.39 is 11.8 Å². The molecule has 2 aliphatic rings. The smallest absolute Gasteiger partial charge is 0.253 e. The van der Waals surface area contributed by atoms with E-state index in [1.165, 1.54) is 4.90 Å². The van der Waals surface area contributed by atoms with Crippen LogP contribution in [-0.4, -0.2) is 41.6 Å². The molecule has 4 rings (SSSR count). The minimum Gasteiger partial charge on any atom is -0.383 e. The number of likely N-dealkylation sites (tertiary alicyclic amines) is 1. The number of carbonyl (C=O) groups excluding carboxylic acids is 1. The number of nitriles is 1. The number of carbonyl (C=O) groups is 1. The summed E-state index contributed by atoms with van der Waals surface area (Å²) >= 11 is 0. The molecule has 27 heavy (non-hydrogen) atoms. The zero-order chi connectivity index (χ0) is 19.0. The molecule has 2 heterocycles. The van der Waals surface area contributed by atoms with Gasteiger partial charge in [0.05, 0.1) is 18.2 Å². The van der Waals surface area contributed by atoms with Gasteiger partial charge in [0.15, 0.2) is 11.8 Å². The number of nitrogens with zero attached hydrogens (tertiary/aromatic N) is 3. The number of hydrogen-bond donors (Lipinski definition) is 2. The summed E-state index contributed by atoms with van der Waals surface area (Å²) in [5.41, 5.74) is 7.32. The number of para-hydroxylation sites is 1. The number of alkyl halides is 1. The van der Waals surface area contributed by atoms with Gasteiger partial charge in [0, 0.05) is 29.8 Å². The van der Waals surface area contributed by atoms with Gasteiger partial charge < -0.3 is 16.0 Å². The van der Waals surface area contributed by atoms with Gasteiger partial charge in [-0.15, -0.1) is 0 Å². The van der Waals surface area contributed by atoms with Crippen molar-refractivity contribution in [3.05, 3.63) is 65.2 Å². The number of hydrogen-bond acceptors (Lipinski definition) is 5. The second-order valence-corrected chi connectivity index (χ2v) is 6.75. The standard InChI is InChI=1S/C20H18FN5O/c21-17-12-26(19(27)14-7-5-13(11-22)6-8-14)10-9-20(17)24-16-4-2-1-3-15(16)18(23)25-20/h1-8,17,24H,9-10,12H2,(H2,23,25)/t17-,20-/m1/s1. The van der Waals surface area contributed by atoms with Crippen molar-refractivity contribution in [3.63, 3.8) is 0 Å². The Labute approximate surface area is 156 Å². The number of fused-ring (bicyclic) bond motifs is 1. The van der Waals surface area contributed by atoms with E-state index in [1.54, 1.807) is 24.3 Å². The average Bonchev–Trinajstić information content (AvgIpc) is 2.70. The van der Waals surface area contributed by atoms with Gasteiger partial charge >= 0.3 is 0 Å². The summed E-state index contributed by atoms with van der Waals surface area (Å²) in [6.07, 6.45) is -1.09. The normalized spacial score (nSPS) is 23.8. The minimum atomic E-state index is -1.40. The molecular formula is C20H18FN5O. The van der Waals surface area contributed by atoms with Crippen LogP contribution in [-0.2, 0) is 0 Å². The fourth-order valence-corrected chi connectivity index (χ4v) is 3.57. The highest BCUT2D eigenvalue weighted by molar-refractivity contribution is 6.04. The molecule has 2 aromatic carbocycles. The van der Waals surface area contributed by atoms with Crippen molar-refractivity contribution in [2.75, 3.05) is 18.4 Å². The molecule has 0 saturated carbocycles. The Hall–Kier alpha value is -3.40. The molecule has 1 spiro atoms. The lowest BCUT2D eigenvalue weighted by molar-refractivity contribution is 0.0494. The number of aliphatic imine (C=N–C) groups is 1. The van der Waals surface area contributed by atoms with E-state index in [9.17, 15) is 4.79 Å². The third kappa shape index (κ3) is 2.89. The lowest BCUT2D eigenvalue weighted by atomic mass is 9.91. The van der Waals surface area contributed by atoms with Crippen LogP contribution < -0.4 is 11.1 Å². The fraction of sp³-hybridized carbons (Fsp3) is 0.250. The fourth-order valence-electron chi connectivity index (χ4n) is 3.57. The van der Waals surface area contributed by atoms with Gasteiger partial charge in [-0.3, -0.25) is 4.79 Å². The summed E-state index contributed by atoms with van der Waals surface area (Å²) in [7, 11) is 0. The Morgan fingerprint density at radius 2 is 2.04 bits per heavy atom. The lowest BCUT2D eigenvalue weighted by Crippen LogP contribution is -2.59. The predicted octanol–water partition coefficient (Wildman–Crippen LogP) is 2.27. The molecule has 0 unspecified atom stereocenters. The molecule has 0 aliphatic carbocycles. The minimum absolute atomic E-state index is 0.0786. The van der Waals surface area contributed by atoms with E-state index in [2.05, 4.69) is 10.3 Å². The Morgan fingerprint density at radius 1 is 1.30 bits per heavy atom. The Morgan fingerprint density at radius 3 is 2.74 bits per heavy atom. The molecule has 7 heteroatoms. The number of piperidine rings is 1. The number of nitrogens with two attached hydrogens (primary N) is 1. The highest BCUT2D eigenvalue weighted by Gasteiger charge is 2.47. The first-order valence-electron chi connectivity index (χ1n) is 8.69. The van der Waals surface area contributed by atoms with Gasteiger partial charge in [0.2, 0.25) is 0 Å². The molecule has 0 bridgehead atoms. The largest absolute Gasteiger partial charge is 0.383 e. The highest BCUT2D eigenvalue weighted by Crippen LogP contribution is 2.36. The highest BCUT2D eigenvalue weighted by atomic mass is 19.1. The maximum absolute atomic E-state index is 15.2. The summed E-state index contributed by atoms with van der Waals surface area (Å²) in [5.74, 6) is 0.0454. The first-order valence-corrected chi connectivity index (χ1v) is 8.69. The maximum Gasteiger partial charge on any atom is 0.253 e. The summed E-state index contributed by atoms with van der Waals surface area (Å²) in [6, 6.07) is 15.7. The SMILES string of the molecule is N#Cc1ccc(C(=O)N2CC[C@@]3(N=C(N)c4ccccc4N3)[C@H](F)C2)cc1. The van der Waals surface area contributed by atoms with E-state index >= 15 is 4.39 Å². The van der Waals surface area contributed by atoms with Gasteiger partial charge in [-0.05, 0) is 36.4 Å². The first-order chi connectivity index (χ1) is 13.0. The van der Waals surface area contributed by atoms with Crippen molar-refractivity contribution in [2.24, 2.45) is 10.7 Å². The van der Waals surface area contributed by atoms with Crippen LogP contribution in [0.15, 0.2) is 53.5 Å². The van der Waals surface area contributed by atoms with Gasteiger partial charge in [0.1, 0.15) is 5.84 Å². The average molecular weight is 363 g/mol. The molecule has 136 valence electrons. The first kappa shape index (κ1) is 17.0. The molecular weight excluding hydrogens is 345 g/mol. The second kappa shape index (κ2) is 6.40. The number of amides is 1. The number of halogens is 1. The van der Waals surface area contributed by atoms with Crippen molar-refractivity contribution < 1.29 is 9.18 Å². The summed E-state index contributed by atoms with van der Waals surface area (Å²) < 4.78 is 15.2. The topological polar surface area (TPSA) is 94.5 Å². The Bertz CT molecular complexity index is 965. The van der Waals surface area contributed by atoms with Crippen molar-refractivity contribution in [1.82, 2.24) is 4.90 Å². The lowest BCUT2D eigenvalue weighted by Gasteiger charge is -2.44. The molecule has 6 nitrogen and oxygen atoms in total. The zero-order valence-electron chi connectivity index (χ0n) is 14.5. The molecule has 2 aromatic rings. The van der Waals surface area contributed by atoms with E-state index in [0.29, 0.717) is 29.9 Å². The van der Waals surface area contributed by atoms with Crippen LogP contribution in [0.1, 0.15) is 27.9 Å². The maximum atomic E-state index is 15.2. The van der Waals surface area contributed by atoms with Crippen LogP contribution in [0.4, 0.5) is 10.1 Å². The molecule has 1 saturated heterocycles. The van der Waals surface area contributed by atoms with Crippen molar-refractivity contribution in [2.45, 2.75) is 18.3 Å². The molecule has 2 atom stereocenters. The van der Waals surface area contributed by atoms with Gasteiger partial charge in [-0.2, -0.15) is 5.26 Å². The van der Waals surface area contributed by atoms with E-state index in [-0.39, 0.29) is 12.5 Å². The summed E-state index contributed by atoms with van der Waals surface area (Å²) in [4.78, 5) is 18.6. The van der Waals surface area contributed by atoms with Crippen LogP contribution in [0.5, 0.6) is 0 Å². The number of nitrogens with one attached hydrogen (secondary N) is 1.